The van der Waals surface area contributed by atoms with Crippen molar-refractivity contribution in [2.24, 2.45) is 11.8 Å². The van der Waals surface area contributed by atoms with Crippen LogP contribution in [0.2, 0.25) is 0 Å². The van der Waals surface area contributed by atoms with Crippen molar-refractivity contribution in [2.75, 3.05) is 31.2 Å². The Hall–Kier alpha value is -2.10. The van der Waals surface area contributed by atoms with Gasteiger partial charge in [-0.3, -0.25) is 14.4 Å². The van der Waals surface area contributed by atoms with E-state index in [0.717, 1.165) is 16.8 Å². The van der Waals surface area contributed by atoms with Crippen molar-refractivity contribution in [3.63, 3.8) is 0 Å². The van der Waals surface area contributed by atoms with Crippen LogP contribution in [0.1, 0.15) is 24.0 Å². The van der Waals surface area contributed by atoms with Crippen LogP contribution in [0.3, 0.4) is 0 Å². The Balaban J connectivity index is 1.77. The molecule has 6 atom stereocenters. The molecule has 3 fully saturated rings. The Kier molecular flexibility index (Phi) is 8.02. The molecule has 4 rings (SSSR count). The number of aryl methyl sites for hydroxylation is 2. The van der Waals surface area contributed by atoms with E-state index < -0.39 is 28.6 Å². The molecule has 0 saturated carbocycles. The summed E-state index contributed by atoms with van der Waals surface area (Å²) in [6.45, 7) is 11.7. The summed E-state index contributed by atoms with van der Waals surface area (Å²) >= 11 is 5.30. The summed E-state index contributed by atoms with van der Waals surface area (Å²) in [5.74, 6) is -2.22. The molecule has 3 unspecified atom stereocenters. The van der Waals surface area contributed by atoms with E-state index in [4.69, 9.17) is 4.74 Å². The normalized spacial score (nSPS) is 30.3. The molecule has 1 aromatic carbocycles. The van der Waals surface area contributed by atoms with Gasteiger partial charge in [-0.1, -0.05) is 46.3 Å². The molecular weight excluding hydrogens is 544 g/mol. The number of β-amino-alcohol motifs (C(OH)–C–C–N with tert-alkyl or cyclic N) is 1. The zero-order valence-electron chi connectivity index (χ0n) is 20.7. The van der Waals surface area contributed by atoms with Crippen molar-refractivity contribution in [1.29, 1.82) is 0 Å². The Labute approximate surface area is 225 Å². The number of carbonyl (C=O) groups is 3. The molecule has 2 bridgehead atoms. The van der Waals surface area contributed by atoms with Gasteiger partial charge in [-0.05, 0) is 37.8 Å². The Bertz CT molecular complexity index is 1060. The SMILES string of the molecule is C=CCCOC(=O)[C@H]1[C@@H]2SC3(CC2Br)C(C(=O)N(CC=C)c2c(C)cccc2C)N(CCO)C(=O)[C@H]13. The number of fused-ring (bicyclic) bond motifs is 1. The third-order valence-electron chi connectivity index (χ3n) is 7.49. The van der Waals surface area contributed by atoms with Gasteiger partial charge in [0.15, 0.2) is 0 Å². The molecule has 3 aliphatic heterocycles. The van der Waals surface area contributed by atoms with Crippen LogP contribution in [0, 0.1) is 25.7 Å². The number of amides is 2. The lowest BCUT2D eigenvalue weighted by Crippen LogP contribution is -2.56. The van der Waals surface area contributed by atoms with Crippen LogP contribution in [0.25, 0.3) is 0 Å². The number of likely N-dealkylation sites (tertiary alicyclic amines) is 1. The highest BCUT2D eigenvalue weighted by molar-refractivity contribution is 9.09. The first-order chi connectivity index (χ1) is 17.2. The van der Waals surface area contributed by atoms with Gasteiger partial charge in [0.1, 0.15) is 6.04 Å². The van der Waals surface area contributed by atoms with Gasteiger partial charge in [-0.25, -0.2) is 0 Å². The number of esters is 1. The first-order valence-electron chi connectivity index (χ1n) is 12.2. The number of carbonyl (C=O) groups excluding carboxylic acids is 3. The van der Waals surface area contributed by atoms with E-state index in [2.05, 4.69) is 29.1 Å². The fourth-order valence-electron chi connectivity index (χ4n) is 6.17. The van der Waals surface area contributed by atoms with Gasteiger partial charge in [0.05, 0.1) is 29.8 Å². The molecule has 3 heterocycles. The smallest absolute Gasteiger partial charge is 0.310 e. The summed E-state index contributed by atoms with van der Waals surface area (Å²) in [4.78, 5) is 44.6. The number of ether oxygens (including phenoxy) is 1. The number of benzene rings is 1. The quantitative estimate of drug-likeness (QED) is 0.199. The molecule has 3 saturated heterocycles. The number of nitrogens with zero attached hydrogens (tertiary/aromatic N) is 2. The van der Waals surface area contributed by atoms with Gasteiger partial charge in [0.25, 0.3) is 5.91 Å². The van der Waals surface area contributed by atoms with Crippen molar-refractivity contribution in [3.05, 3.63) is 54.6 Å². The monoisotopic (exact) mass is 576 g/mol. The lowest BCUT2D eigenvalue weighted by molar-refractivity contribution is -0.154. The van der Waals surface area contributed by atoms with Gasteiger partial charge in [0.2, 0.25) is 5.91 Å². The molecule has 1 aromatic rings. The molecular formula is C27H33BrN2O5S. The predicted molar refractivity (Wildman–Crippen MR) is 145 cm³/mol. The van der Waals surface area contributed by atoms with Crippen LogP contribution in [0.4, 0.5) is 5.69 Å². The number of halogens is 1. The van der Waals surface area contributed by atoms with Crippen LogP contribution in [-0.4, -0.2) is 75.0 Å². The van der Waals surface area contributed by atoms with Gasteiger partial charge >= 0.3 is 5.97 Å². The Morgan fingerprint density at radius 2 is 2.00 bits per heavy atom. The lowest BCUT2D eigenvalue weighted by atomic mass is 9.71. The molecule has 0 aliphatic carbocycles. The topological polar surface area (TPSA) is 87.2 Å². The Morgan fingerprint density at radius 3 is 2.61 bits per heavy atom. The van der Waals surface area contributed by atoms with Gasteiger partial charge in [0, 0.05) is 28.9 Å². The average molecular weight is 578 g/mol. The number of para-hydroxylation sites is 1. The Morgan fingerprint density at radius 1 is 1.31 bits per heavy atom. The van der Waals surface area contributed by atoms with Crippen LogP contribution in [0.15, 0.2) is 43.5 Å². The van der Waals surface area contributed by atoms with Gasteiger partial charge < -0.3 is 19.6 Å². The summed E-state index contributed by atoms with van der Waals surface area (Å²) in [5, 5.41) is 9.67. The van der Waals surface area contributed by atoms with Crippen LogP contribution < -0.4 is 4.90 Å². The highest BCUT2D eigenvalue weighted by Gasteiger charge is 2.76. The highest BCUT2D eigenvalue weighted by atomic mass is 79.9. The number of rotatable bonds is 10. The zero-order chi connectivity index (χ0) is 26.2. The maximum atomic E-state index is 14.4. The summed E-state index contributed by atoms with van der Waals surface area (Å²) in [5.41, 5.74) is 2.69. The van der Waals surface area contributed by atoms with E-state index in [9.17, 15) is 19.5 Å². The summed E-state index contributed by atoms with van der Waals surface area (Å²) < 4.78 is 4.73. The summed E-state index contributed by atoms with van der Waals surface area (Å²) in [6.07, 6.45) is 4.46. The minimum atomic E-state index is -0.817. The lowest BCUT2D eigenvalue weighted by Gasteiger charge is -2.38. The van der Waals surface area contributed by atoms with Crippen LogP contribution >= 0.6 is 27.7 Å². The van der Waals surface area contributed by atoms with Crippen molar-refractivity contribution in [3.8, 4) is 0 Å². The van der Waals surface area contributed by atoms with Gasteiger partial charge in [-0.2, -0.15) is 0 Å². The molecule has 0 radical (unpaired) electrons. The van der Waals surface area contributed by atoms with E-state index in [1.165, 1.54) is 4.90 Å². The van der Waals surface area contributed by atoms with Crippen molar-refractivity contribution >= 4 is 51.2 Å². The number of aliphatic hydroxyl groups excluding tert-OH is 1. The third-order valence-corrected chi connectivity index (χ3v) is 10.7. The molecule has 2 amide bonds. The van der Waals surface area contributed by atoms with Gasteiger partial charge in [-0.15, -0.1) is 24.9 Å². The number of hydrogen-bond acceptors (Lipinski definition) is 6. The standard InChI is InChI=1S/C27H33BrN2O5S/c1-5-7-14-35-26(34)19-20-24(32)30(12-13-31)23(27(20)15-18(28)22(19)36-27)25(33)29(11-6-2)21-16(3)9-8-10-17(21)4/h5-6,8-10,18-20,22-23,31H,1-2,7,11-15H2,3-4H3/t18?,19-,20+,22-,23?,27?/m1/s1. The highest BCUT2D eigenvalue weighted by Crippen LogP contribution is 2.68. The first kappa shape index (κ1) is 26.9. The number of hydrogen-bond donors (Lipinski definition) is 1. The molecule has 36 heavy (non-hydrogen) atoms. The molecule has 0 aromatic heterocycles. The van der Waals surface area contributed by atoms with E-state index >= 15 is 0 Å². The minimum Gasteiger partial charge on any atom is -0.465 e. The van der Waals surface area contributed by atoms with E-state index in [1.54, 1.807) is 28.8 Å². The van der Waals surface area contributed by atoms with Crippen LogP contribution in [0.5, 0.6) is 0 Å². The number of thioether (sulfide) groups is 1. The van der Waals surface area contributed by atoms with Crippen LogP contribution in [-0.2, 0) is 19.1 Å². The minimum absolute atomic E-state index is 0.0264. The molecule has 7 nitrogen and oxygen atoms in total. The summed E-state index contributed by atoms with van der Waals surface area (Å²) in [7, 11) is 0. The maximum Gasteiger partial charge on any atom is 0.310 e. The number of anilines is 1. The molecule has 9 heteroatoms. The van der Waals surface area contributed by atoms with E-state index in [-0.39, 0.29) is 48.2 Å². The van der Waals surface area contributed by atoms with E-state index in [0.29, 0.717) is 12.8 Å². The fourth-order valence-corrected chi connectivity index (χ4v) is 9.76. The summed E-state index contributed by atoms with van der Waals surface area (Å²) in [6, 6.07) is 5.04. The van der Waals surface area contributed by atoms with Crippen molar-refractivity contribution in [2.45, 2.75) is 47.6 Å². The second-order valence-corrected chi connectivity index (χ2v) is 12.4. The molecule has 1 N–H and O–H groups in total. The van der Waals surface area contributed by atoms with Crippen molar-refractivity contribution in [1.82, 2.24) is 4.90 Å². The molecule has 1 spiro atoms. The second kappa shape index (κ2) is 10.7. The predicted octanol–water partition coefficient (Wildman–Crippen LogP) is 3.40. The first-order valence-corrected chi connectivity index (χ1v) is 14.0. The second-order valence-electron chi connectivity index (χ2n) is 9.64. The molecule has 3 aliphatic rings. The number of alkyl halides is 1. The fraction of sp³-hybridized carbons (Fsp3) is 0.519. The third kappa shape index (κ3) is 4.23. The average Bonchev–Trinajstić information content (AvgIpc) is 3.42. The largest absolute Gasteiger partial charge is 0.465 e. The van der Waals surface area contributed by atoms with E-state index in [1.807, 2.05) is 32.0 Å². The zero-order valence-corrected chi connectivity index (χ0v) is 23.1. The van der Waals surface area contributed by atoms with Crippen molar-refractivity contribution < 1.29 is 24.2 Å². The number of aliphatic hydroxyl groups is 1. The molecule has 194 valence electrons. The maximum absolute atomic E-state index is 14.4.